The predicted molar refractivity (Wildman–Crippen MR) is 189 cm³/mol. The van der Waals surface area contributed by atoms with Gasteiger partial charge in [0.25, 0.3) is 0 Å². The highest BCUT2D eigenvalue weighted by molar-refractivity contribution is 5.78. The van der Waals surface area contributed by atoms with Gasteiger partial charge in [0.15, 0.2) is 0 Å². The average Bonchev–Trinajstić information content (AvgIpc) is 3.05. The van der Waals surface area contributed by atoms with Crippen molar-refractivity contribution in [1.29, 1.82) is 5.26 Å². The molecule has 0 spiro atoms. The van der Waals surface area contributed by atoms with Crippen LogP contribution >= 0.6 is 0 Å². The largest absolute Gasteiger partial charge is 0.387 e. The Hall–Kier alpha value is -4.41. The van der Waals surface area contributed by atoms with Gasteiger partial charge >= 0.3 is 0 Å². The second kappa shape index (κ2) is 22.2. The summed E-state index contributed by atoms with van der Waals surface area (Å²) in [5.41, 5.74) is 4.98. The summed E-state index contributed by atoms with van der Waals surface area (Å²) in [4.78, 5) is 45.0. The normalized spacial score (nSPS) is 12.9. The molecule has 0 radical (unpaired) electrons. The molecular formula is C39H54N3O4+. The second-order valence-electron chi connectivity index (χ2n) is 11.7. The van der Waals surface area contributed by atoms with E-state index in [9.17, 15) is 24.4 Å². The van der Waals surface area contributed by atoms with Gasteiger partial charge in [0.1, 0.15) is 30.8 Å². The molecule has 0 fully saturated rings. The van der Waals surface area contributed by atoms with E-state index >= 15 is 0 Å². The molecule has 0 bridgehead atoms. The molecule has 0 heterocycles. The molecule has 1 aromatic carbocycles. The maximum atomic E-state index is 11.6. The smallest absolute Gasteiger partial charge is 0.150 e. The predicted octanol–water partition coefficient (Wildman–Crippen LogP) is 7.11. The molecule has 0 unspecified atom stereocenters. The highest BCUT2D eigenvalue weighted by Crippen LogP contribution is 2.36. The van der Waals surface area contributed by atoms with E-state index in [2.05, 4.69) is 18.0 Å². The van der Waals surface area contributed by atoms with Gasteiger partial charge in [0, 0.05) is 51.8 Å². The minimum atomic E-state index is -0.585. The van der Waals surface area contributed by atoms with Crippen LogP contribution in [-0.4, -0.2) is 38.2 Å². The van der Waals surface area contributed by atoms with Crippen LogP contribution in [-0.2, 0) is 19.8 Å². The van der Waals surface area contributed by atoms with Crippen LogP contribution in [0.1, 0.15) is 97.0 Å². The van der Waals surface area contributed by atoms with Crippen LogP contribution in [0.15, 0.2) is 89.2 Å². The number of hydrogen-bond donors (Lipinski definition) is 2. The summed E-state index contributed by atoms with van der Waals surface area (Å²) in [5, 5.41) is 15.5. The Bertz CT molecular complexity index is 1380. The number of carbonyl (C=O) groups is 4. The summed E-state index contributed by atoms with van der Waals surface area (Å²) in [6.45, 7) is 21.2. The van der Waals surface area contributed by atoms with Crippen molar-refractivity contribution >= 4 is 30.8 Å². The van der Waals surface area contributed by atoms with Crippen LogP contribution in [0.2, 0.25) is 0 Å². The van der Waals surface area contributed by atoms with Crippen molar-refractivity contribution in [3.05, 3.63) is 100 Å². The van der Waals surface area contributed by atoms with E-state index in [1.165, 1.54) is 0 Å². The first kappa shape index (κ1) is 41.6. The van der Waals surface area contributed by atoms with Crippen LogP contribution in [0.3, 0.4) is 0 Å². The van der Waals surface area contributed by atoms with Crippen LogP contribution < -0.4 is 10.6 Å². The molecule has 0 saturated heterocycles. The van der Waals surface area contributed by atoms with E-state index in [1.807, 2.05) is 91.1 Å². The van der Waals surface area contributed by atoms with Gasteiger partial charge in [-0.2, -0.15) is 5.26 Å². The molecule has 0 aliphatic heterocycles. The molecule has 0 atom stereocenters. The summed E-state index contributed by atoms with van der Waals surface area (Å²) in [7, 11) is 0. The molecule has 0 amide bonds. The third-order valence-corrected chi connectivity index (χ3v) is 7.49. The van der Waals surface area contributed by atoms with E-state index < -0.39 is 10.8 Å². The molecule has 0 aliphatic rings. The molecule has 7 nitrogen and oxygen atoms in total. The number of aldehydes is 4. The second-order valence-corrected chi connectivity index (χ2v) is 11.7. The van der Waals surface area contributed by atoms with Crippen LogP contribution in [0, 0.1) is 16.7 Å². The molecule has 0 saturated carbocycles. The molecule has 0 aromatic heterocycles. The van der Waals surface area contributed by atoms with Crippen molar-refractivity contribution in [1.82, 2.24) is 5.32 Å². The van der Waals surface area contributed by atoms with Crippen molar-refractivity contribution in [2.24, 2.45) is 5.41 Å². The Morgan fingerprint density at radius 2 is 1.70 bits per heavy atom. The first-order valence-corrected chi connectivity index (χ1v) is 16.0. The lowest BCUT2D eigenvalue weighted by molar-refractivity contribution is -0.570. The van der Waals surface area contributed by atoms with E-state index in [0.717, 1.165) is 53.2 Å². The lowest BCUT2D eigenvalue weighted by Crippen LogP contribution is -2.78. The third-order valence-electron chi connectivity index (χ3n) is 7.49. The molecule has 46 heavy (non-hydrogen) atoms. The fraction of sp³-hybridized carbons (Fsp3) is 0.410. The number of nitrogens with one attached hydrogen (secondary N) is 1. The van der Waals surface area contributed by atoms with Gasteiger partial charge in [0.2, 0.25) is 0 Å². The summed E-state index contributed by atoms with van der Waals surface area (Å²) in [6, 6.07) is 7.89. The number of benzene rings is 1. The highest BCUT2D eigenvalue weighted by Gasteiger charge is 2.28. The summed E-state index contributed by atoms with van der Waals surface area (Å²) < 4.78 is 0. The van der Waals surface area contributed by atoms with Crippen molar-refractivity contribution in [3.8, 4) is 6.07 Å². The number of nitriles is 1. The minimum absolute atomic E-state index is 0.339. The van der Waals surface area contributed by atoms with Crippen molar-refractivity contribution in [3.63, 3.8) is 0 Å². The van der Waals surface area contributed by atoms with Crippen molar-refractivity contribution in [2.75, 3.05) is 13.1 Å². The van der Waals surface area contributed by atoms with Crippen LogP contribution in [0.5, 0.6) is 0 Å². The lowest BCUT2D eigenvalue weighted by Gasteiger charge is -2.30. The number of quaternary nitrogens is 1. The third kappa shape index (κ3) is 13.7. The average molecular weight is 629 g/mol. The van der Waals surface area contributed by atoms with Gasteiger partial charge in [-0.05, 0) is 67.3 Å². The van der Waals surface area contributed by atoms with Gasteiger partial charge in [0.05, 0.1) is 19.0 Å². The Balaban J connectivity index is 0.00000991. The van der Waals surface area contributed by atoms with E-state index in [-0.39, 0.29) is 0 Å². The molecule has 3 N–H and O–H groups in total. The number of carbonyl (C=O) groups excluding carboxylic acids is 4. The maximum Gasteiger partial charge on any atom is 0.150 e. The van der Waals surface area contributed by atoms with Crippen LogP contribution in [0.25, 0.3) is 0 Å². The monoisotopic (exact) mass is 628 g/mol. The van der Waals surface area contributed by atoms with E-state index in [1.54, 1.807) is 24.3 Å². The number of hydrogen-bond acceptors (Lipinski definition) is 6. The van der Waals surface area contributed by atoms with Gasteiger partial charge in [-0.25, -0.2) is 0 Å². The van der Waals surface area contributed by atoms with Gasteiger partial charge < -0.3 is 20.2 Å². The lowest BCUT2D eigenvalue weighted by atomic mass is 9.77. The molecule has 1 aromatic rings. The molecule has 7 heteroatoms. The zero-order valence-electron chi connectivity index (χ0n) is 29.1. The van der Waals surface area contributed by atoms with Gasteiger partial charge in [-0.1, -0.05) is 73.3 Å². The fourth-order valence-corrected chi connectivity index (χ4v) is 4.72. The van der Waals surface area contributed by atoms with Gasteiger partial charge in [-0.15, -0.1) is 0 Å². The Morgan fingerprint density at radius 1 is 1.02 bits per heavy atom. The van der Waals surface area contributed by atoms with E-state index in [4.69, 9.17) is 0 Å². The first-order valence-electron chi connectivity index (χ1n) is 16.0. The molecule has 0 aliphatic carbocycles. The zero-order valence-corrected chi connectivity index (χ0v) is 29.1. The SMILES string of the molecule is C=C(/C=C(C=O)\C=C/C)C(C)(C)\C(=C/C=C(/C=C(\C#N)CC(C)(C)c1cc(C=O)ccc1[NH2+]CCC=O)CC)NCCC=O.CC. The van der Waals surface area contributed by atoms with Crippen molar-refractivity contribution in [2.45, 2.75) is 86.5 Å². The standard InChI is InChI=1S/C37H47N3O4.C2H6/c1-8-12-30(26-43)21-28(3)37(6,7)35(40-18-11-20-42)16-14-29(9-2)22-32(25-38)24-36(4,5)33-23-31(27-44)13-15-34(33)39-17-10-19-41;1-2/h8,12-16,19-23,26-27,39-40H,3,9-11,17-18,24H2,1-2,4-7H3;1-2H3/p+1/b12-8-,29-14+,30-21+,32-22-,35-16+;. The quantitative estimate of drug-likeness (QED) is 0.0397. The van der Waals surface area contributed by atoms with E-state index in [0.29, 0.717) is 55.5 Å². The Labute approximate surface area is 276 Å². The van der Waals surface area contributed by atoms with Gasteiger partial charge in [-0.3, -0.25) is 9.59 Å². The summed E-state index contributed by atoms with van der Waals surface area (Å²) >= 11 is 0. The van der Waals surface area contributed by atoms with Crippen LogP contribution in [0.4, 0.5) is 5.69 Å². The number of nitrogens with two attached hydrogens (primary N) is 1. The topological polar surface area (TPSA) is 121 Å². The highest BCUT2D eigenvalue weighted by atomic mass is 16.1. The first-order chi connectivity index (χ1) is 21.9. The zero-order chi connectivity index (χ0) is 35.2. The maximum absolute atomic E-state index is 11.6. The summed E-state index contributed by atoms with van der Waals surface area (Å²) in [5.74, 6) is 0. The Morgan fingerprint density at radius 3 is 2.24 bits per heavy atom. The van der Waals surface area contributed by atoms with Crippen molar-refractivity contribution < 1.29 is 24.5 Å². The number of nitrogens with zero attached hydrogens (tertiary/aromatic N) is 1. The molecule has 248 valence electrons. The number of allylic oxidation sites excluding steroid dienone is 10. The number of rotatable bonds is 20. The summed E-state index contributed by atoms with van der Waals surface area (Å²) in [6.07, 6.45) is 16.3. The fourth-order valence-electron chi connectivity index (χ4n) is 4.72. The molecular weight excluding hydrogens is 574 g/mol. The molecule has 1 rings (SSSR count). The minimum Gasteiger partial charge on any atom is -0.387 e. The Kier molecular flexibility index (Phi) is 20.0.